The van der Waals surface area contributed by atoms with E-state index in [1.807, 2.05) is 24.3 Å². The van der Waals surface area contributed by atoms with E-state index in [9.17, 15) is 8.42 Å². The first-order valence-electron chi connectivity index (χ1n) is 9.74. The molecule has 0 spiro atoms. The van der Waals surface area contributed by atoms with Crippen molar-refractivity contribution in [3.05, 3.63) is 77.5 Å². The number of rotatable bonds is 8. The van der Waals surface area contributed by atoms with Crippen molar-refractivity contribution in [2.24, 2.45) is 0 Å². The van der Waals surface area contributed by atoms with Crippen LogP contribution in [0.3, 0.4) is 0 Å². The summed E-state index contributed by atoms with van der Waals surface area (Å²) in [6, 6.07) is 17.6. The van der Waals surface area contributed by atoms with Gasteiger partial charge in [0.2, 0.25) is 5.89 Å². The van der Waals surface area contributed by atoms with Gasteiger partial charge in [-0.05, 0) is 54.8 Å². The first-order valence-corrected chi connectivity index (χ1v) is 12.1. The Morgan fingerprint density at radius 2 is 1.75 bits per heavy atom. The number of hydrogen-bond acceptors (Lipinski definition) is 7. The molecule has 166 valence electrons. The maximum atomic E-state index is 13.5. The SMILES string of the molecule is COc1ccc(N(Cc2nc(-c3ccccc3OC)oc2C)S(=O)(=O)c2cccs2)cc1. The van der Waals surface area contributed by atoms with Crippen LogP contribution in [0.2, 0.25) is 0 Å². The number of anilines is 1. The van der Waals surface area contributed by atoms with Crippen molar-refractivity contribution in [2.45, 2.75) is 17.7 Å². The van der Waals surface area contributed by atoms with Crippen LogP contribution in [-0.2, 0) is 16.6 Å². The standard InChI is InChI=1S/C23H22N2O5S2/c1-16-20(24-23(30-16)19-7-4-5-8-21(19)29-3)15-25(17-10-12-18(28-2)13-11-17)32(26,27)22-9-6-14-31-22/h4-14H,15H2,1-3H3. The smallest absolute Gasteiger partial charge is 0.274 e. The molecule has 32 heavy (non-hydrogen) atoms. The highest BCUT2D eigenvalue weighted by atomic mass is 32.2. The van der Waals surface area contributed by atoms with Gasteiger partial charge < -0.3 is 13.9 Å². The van der Waals surface area contributed by atoms with Crippen molar-refractivity contribution < 1.29 is 22.3 Å². The van der Waals surface area contributed by atoms with E-state index in [4.69, 9.17) is 13.9 Å². The van der Waals surface area contributed by atoms with Crippen molar-refractivity contribution >= 4 is 27.0 Å². The predicted molar refractivity (Wildman–Crippen MR) is 124 cm³/mol. The number of para-hydroxylation sites is 1. The lowest BCUT2D eigenvalue weighted by molar-refractivity contribution is 0.414. The third kappa shape index (κ3) is 4.21. The van der Waals surface area contributed by atoms with E-state index in [1.54, 1.807) is 62.9 Å². The van der Waals surface area contributed by atoms with Gasteiger partial charge in [0.15, 0.2) is 0 Å². The number of thiophene rings is 1. The van der Waals surface area contributed by atoms with Crippen LogP contribution in [-0.4, -0.2) is 27.6 Å². The van der Waals surface area contributed by atoms with Crippen LogP contribution in [0.1, 0.15) is 11.5 Å². The second-order valence-electron chi connectivity index (χ2n) is 6.86. The number of oxazole rings is 1. The van der Waals surface area contributed by atoms with Crippen LogP contribution in [0.15, 0.2) is 74.7 Å². The van der Waals surface area contributed by atoms with Gasteiger partial charge in [0.1, 0.15) is 27.2 Å². The monoisotopic (exact) mass is 470 g/mol. The minimum atomic E-state index is -3.81. The average Bonchev–Trinajstić information content (AvgIpc) is 3.48. The number of sulfonamides is 1. The molecule has 0 atom stereocenters. The summed E-state index contributed by atoms with van der Waals surface area (Å²) in [6.07, 6.45) is 0. The molecular weight excluding hydrogens is 448 g/mol. The Kier molecular flexibility index (Phi) is 6.20. The zero-order valence-electron chi connectivity index (χ0n) is 17.8. The van der Waals surface area contributed by atoms with Crippen LogP contribution < -0.4 is 13.8 Å². The molecule has 4 aromatic rings. The normalized spacial score (nSPS) is 11.3. The zero-order valence-corrected chi connectivity index (χ0v) is 19.4. The fourth-order valence-electron chi connectivity index (χ4n) is 3.23. The molecule has 4 rings (SSSR count). The van der Waals surface area contributed by atoms with E-state index in [0.29, 0.717) is 40.1 Å². The van der Waals surface area contributed by atoms with Crippen LogP contribution in [0.25, 0.3) is 11.5 Å². The Balaban J connectivity index is 1.76. The molecule has 2 heterocycles. The molecule has 0 saturated heterocycles. The largest absolute Gasteiger partial charge is 0.497 e. The van der Waals surface area contributed by atoms with E-state index >= 15 is 0 Å². The lowest BCUT2D eigenvalue weighted by Gasteiger charge is -2.23. The van der Waals surface area contributed by atoms with E-state index in [2.05, 4.69) is 4.98 Å². The molecule has 0 aliphatic carbocycles. The van der Waals surface area contributed by atoms with Crippen LogP contribution >= 0.6 is 11.3 Å². The molecule has 2 aromatic heterocycles. The Labute approximate surface area is 190 Å². The highest BCUT2D eigenvalue weighted by Gasteiger charge is 2.28. The molecule has 0 saturated carbocycles. The number of benzene rings is 2. The molecule has 0 aliphatic heterocycles. The molecule has 0 radical (unpaired) electrons. The fraction of sp³-hybridized carbons (Fsp3) is 0.174. The topological polar surface area (TPSA) is 81.9 Å². The summed E-state index contributed by atoms with van der Waals surface area (Å²) in [5.41, 5.74) is 1.71. The first kappa shape index (κ1) is 21.9. The third-order valence-corrected chi connectivity index (χ3v) is 8.07. The van der Waals surface area contributed by atoms with Gasteiger partial charge in [-0.3, -0.25) is 4.31 Å². The van der Waals surface area contributed by atoms with Crippen LogP contribution in [0, 0.1) is 6.92 Å². The van der Waals surface area contributed by atoms with Gasteiger partial charge in [0.25, 0.3) is 10.0 Å². The Morgan fingerprint density at radius 3 is 2.41 bits per heavy atom. The van der Waals surface area contributed by atoms with Crippen LogP contribution in [0.4, 0.5) is 5.69 Å². The molecular formula is C23H22N2O5S2. The lowest BCUT2D eigenvalue weighted by Crippen LogP contribution is -2.30. The molecule has 2 aromatic carbocycles. The van der Waals surface area contributed by atoms with Crippen molar-refractivity contribution in [1.82, 2.24) is 4.98 Å². The zero-order chi connectivity index (χ0) is 22.7. The quantitative estimate of drug-likeness (QED) is 0.355. The minimum Gasteiger partial charge on any atom is -0.497 e. The third-order valence-electron chi connectivity index (χ3n) is 4.92. The second kappa shape index (κ2) is 9.05. The first-order chi connectivity index (χ1) is 15.4. The Bertz CT molecular complexity index is 1300. The number of aromatic nitrogens is 1. The molecule has 0 bridgehead atoms. The second-order valence-corrected chi connectivity index (χ2v) is 9.90. The Morgan fingerprint density at radius 1 is 1.00 bits per heavy atom. The van der Waals surface area contributed by atoms with Crippen molar-refractivity contribution in [3.8, 4) is 23.0 Å². The van der Waals surface area contributed by atoms with Gasteiger partial charge in [0.05, 0.1) is 32.0 Å². The average molecular weight is 471 g/mol. The predicted octanol–water partition coefficient (Wildman–Crippen LogP) is 5.12. The fourth-order valence-corrected chi connectivity index (χ4v) is 5.76. The summed E-state index contributed by atoms with van der Waals surface area (Å²) in [5, 5.41) is 1.74. The number of aryl methyl sites for hydroxylation is 1. The van der Waals surface area contributed by atoms with E-state index in [0.717, 1.165) is 0 Å². The maximum absolute atomic E-state index is 13.5. The summed E-state index contributed by atoms with van der Waals surface area (Å²) in [5.74, 6) is 2.17. The molecule has 0 unspecified atom stereocenters. The highest BCUT2D eigenvalue weighted by molar-refractivity contribution is 7.94. The van der Waals surface area contributed by atoms with Gasteiger partial charge in [-0.1, -0.05) is 18.2 Å². The van der Waals surface area contributed by atoms with Crippen molar-refractivity contribution in [2.75, 3.05) is 18.5 Å². The highest BCUT2D eigenvalue weighted by Crippen LogP contribution is 2.33. The number of methoxy groups -OCH3 is 2. The van der Waals surface area contributed by atoms with Gasteiger partial charge in [-0.25, -0.2) is 13.4 Å². The van der Waals surface area contributed by atoms with Crippen LogP contribution in [0.5, 0.6) is 11.5 Å². The number of nitrogens with zero attached hydrogens (tertiary/aromatic N) is 2. The van der Waals surface area contributed by atoms with Gasteiger partial charge >= 0.3 is 0 Å². The van der Waals surface area contributed by atoms with Gasteiger partial charge in [-0.15, -0.1) is 11.3 Å². The molecule has 0 N–H and O–H groups in total. The maximum Gasteiger partial charge on any atom is 0.274 e. The molecule has 0 fully saturated rings. The van der Waals surface area contributed by atoms with E-state index < -0.39 is 10.0 Å². The summed E-state index contributed by atoms with van der Waals surface area (Å²) in [6.45, 7) is 1.78. The summed E-state index contributed by atoms with van der Waals surface area (Å²) >= 11 is 1.17. The Hall–Kier alpha value is -3.30. The number of hydrogen-bond donors (Lipinski definition) is 0. The lowest BCUT2D eigenvalue weighted by atomic mass is 10.2. The van der Waals surface area contributed by atoms with Crippen molar-refractivity contribution in [1.29, 1.82) is 0 Å². The summed E-state index contributed by atoms with van der Waals surface area (Å²) in [7, 11) is -0.668. The minimum absolute atomic E-state index is 0.0110. The molecule has 0 aliphatic rings. The summed E-state index contributed by atoms with van der Waals surface area (Å²) < 4.78 is 45.0. The van der Waals surface area contributed by atoms with E-state index in [-0.39, 0.29) is 10.8 Å². The van der Waals surface area contributed by atoms with Gasteiger partial charge in [0, 0.05) is 0 Å². The number of ether oxygens (including phenoxy) is 2. The van der Waals surface area contributed by atoms with Crippen molar-refractivity contribution in [3.63, 3.8) is 0 Å². The molecule has 0 amide bonds. The molecule has 7 nitrogen and oxygen atoms in total. The molecule has 9 heteroatoms. The van der Waals surface area contributed by atoms with Gasteiger partial charge in [-0.2, -0.15) is 0 Å². The summed E-state index contributed by atoms with van der Waals surface area (Å²) in [4.78, 5) is 4.61. The van der Waals surface area contributed by atoms with E-state index in [1.165, 1.54) is 15.6 Å².